The van der Waals surface area contributed by atoms with Crippen LogP contribution in [-0.2, 0) is 12.8 Å². The van der Waals surface area contributed by atoms with E-state index in [9.17, 15) is 5.11 Å². The molecule has 1 aliphatic rings. The van der Waals surface area contributed by atoms with Gasteiger partial charge in [0.15, 0.2) is 0 Å². The van der Waals surface area contributed by atoms with Crippen LogP contribution in [0.1, 0.15) is 31.4 Å². The number of aryl methyl sites for hydroxylation is 1. The summed E-state index contributed by atoms with van der Waals surface area (Å²) in [6, 6.07) is 10.1. The van der Waals surface area contributed by atoms with Gasteiger partial charge in [-0.25, -0.2) is 0 Å². The van der Waals surface area contributed by atoms with E-state index < -0.39 is 0 Å². The molecule has 0 atom stereocenters. The van der Waals surface area contributed by atoms with E-state index in [-0.39, 0.29) is 0 Å². The van der Waals surface area contributed by atoms with E-state index in [1.165, 1.54) is 22.9 Å². The smallest absolute Gasteiger partial charge is 0.123 e. The maximum Gasteiger partial charge on any atom is 0.123 e. The van der Waals surface area contributed by atoms with E-state index in [0.717, 1.165) is 18.2 Å². The van der Waals surface area contributed by atoms with E-state index in [4.69, 9.17) is 0 Å². The monoisotopic (exact) mass is 226 g/mol. The molecule has 0 heterocycles. The first-order valence-corrected chi connectivity index (χ1v) is 6.29. The second-order valence-electron chi connectivity index (χ2n) is 5.92. The number of phenolic OH excluding ortho intramolecular Hbond substituents is 1. The zero-order chi connectivity index (χ0) is 12.0. The second kappa shape index (κ2) is 3.49. The maximum atomic E-state index is 9.88. The lowest BCUT2D eigenvalue weighted by Crippen LogP contribution is -2.22. The van der Waals surface area contributed by atoms with Crippen molar-refractivity contribution in [1.82, 2.24) is 0 Å². The SMILES string of the molecule is CC1(C)CCc2c(ccc3c(O)cccc23)C1. The van der Waals surface area contributed by atoms with E-state index in [0.29, 0.717) is 11.2 Å². The van der Waals surface area contributed by atoms with Gasteiger partial charge in [0.05, 0.1) is 0 Å². The lowest BCUT2D eigenvalue weighted by molar-refractivity contribution is 0.316. The summed E-state index contributed by atoms with van der Waals surface area (Å²) in [4.78, 5) is 0. The van der Waals surface area contributed by atoms with Gasteiger partial charge in [-0.3, -0.25) is 0 Å². The molecule has 0 bridgehead atoms. The molecule has 0 fully saturated rings. The Labute approximate surface area is 102 Å². The summed E-state index contributed by atoms with van der Waals surface area (Å²) in [5.74, 6) is 0.398. The molecule has 1 nitrogen and oxygen atoms in total. The van der Waals surface area contributed by atoms with Crippen LogP contribution in [0.15, 0.2) is 30.3 Å². The molecule has 0 aromatic heterocycles. The fourth-order valence-electron chi connectivity index (χ4n) is 2.98. The normalized spacial score (nSPS) is 18.0. The lowest BCUT2D eigenvalue weighted by atomic mass is 9.73. The number of aromatic hydroxyl groups is 1. The van der Waals surface area contributed by atoms with Crippen molar-refractivity contribution in [3.05, 3.63) is 41.5 Å². The minimum atomic E-state index is 0.398. The number of phenols is 1. The first-order valence-electron chi connectivity index (χ1n) is 6.29. The summed E-state index contributed by atoms with van der Waals surface area (Å²) in [5.41, 5.74) is 3.31. The van der Waals surface area contributed by atoms with Gasteiger partial charge in [0.2, 0.25) is 0 Å². The summed E-state index contributed by atoms with van der Waals surface area (Å²) in [7, 11) is 0. The van der Waals surface area contributed by atoms with Crippen molar-refractivity contribution in [3.8, 4) is 5.75 Å². The van der Waals surface area contributed by atoms with E-state index in [2.05, 4.69) is 32.0 Å². The Morgan fingerprint density at radius 3 is 2.71 bits per heavy atom. The Balaban J connectivity index is 2.25. The van der Waals surface area contributed by atoms with Crippen molar-refractivity contribution in [2.45, 2.75) is 33.1 Å². The van der Waals surface area contributed by atoms with Crippen molar-refractivity contribution in [2.75, 3.05) is 0 Å². The molecule has 0 spiro atoms. The predicted molar refractivity (Wildman–Crippen MR) is 71.4 cm³/mol. The average molecular weight is 226 g/mol. The lowest BCUT2D eigenvalue weighted by Gasteiger charge is -2.32. The molecular weight excluding hydrogens is 208 g/mol. The zero-order valence-electron chi connectivity index (χ0n) is 10.5. The predicted octanol–water partition coefficient (Wildman–Crippen LogP) is 4.06. The Morgan fingerprint density at radius 2 is 1.88 bits per heavy atom. The third-order valence-electron chi connectivity index (χ3n) is 3.97. The molecule has 3 rings (SSSR count). The van der Waals surface area contributed by atoms with Crippen LogP contribution in [0.25, 0.3) is 10.8 Å². The largest absolute Gasteiger partial charge is 0.507 e. The van der Waals surface area contributed by atoms with Crippen molar-refractivity contribution in [2.24, 2.45) is 5.41 Å². The third-order valence-corrected chi connectivity index (χ3v) is 3.97. The zero-order valence-corrected chi connectivity index (χ0v) is 10.5. The van der Waals surface area contributed by atoms with E-state index in [1.807, 2.05) is 6.07 Å². The summed E-state index contributed by atoms with van der Waals surface area (Å²) < 4.78 is 0. The Morgan fingerprint density at radius 1 is 1.06 bits per heavy atom. The fraction of sp³-hybridized carbons (Fsp3) is 0.375. The van der Waals surface area contributed by atoms with Crippen LogP contribution in [0.4, 0.5) is 0 Å². The molecule has 88 valence electrons. The van der Waals surface area contributed by atoms with Crippen LogP contribution in [0.2, 0.25) is 0 Å². The van der Waals surface area contributed by atoms with Crippen LogP contribution in [0.5, 0.6) is 5.75 Å². The fourth-order valence-corrected chi connectivity index (χ4v) is 2.98. The minimum absolute atomic E-state index is 0.398. The van der Waals surface area contributed by atoms with Gasteiger partial charge in [-0.15, -0.1) is 0 Å². The van der Waals surface area contributed by atoms with E-state index >= 15 is 0 Å². The average Bonchev–Trinajstić information content (AvgIpc) is 2.27. The number of hydrogen-bond acceptors (Lipinski definition) is 1. The van der Waals surface area contributed by atoms with Gasteiger partial charge in [-0.1, -0.05) is 38.1 Å². The van der Waals surface area contributed by atoms with E-state index in [1.54, 1.807) is 6.07 Å². The van der Waals surface area contributed by atoms with Crippen LogP contribution in [0.3, 0.4) is 0 Å². The van der Waals surface area contributed by atoms with Gasteiger partial charge in [-0.2, -0.15) is 0 Å². The summed E-state index contributed by atoms with van der Waals surface area (Å²) in [6.45, 7) is 4.67. The summed E-state index contributed by atoms with van der Waals surface area (Å²) in [5, 5.41) is 12.1. The van der Waals surface area contributed by atoms with Crippen LogP contribution >= 0.6 is 0 Å². The van der Waals surface area contributed by atoms with Crippen LogP contribution in [0, 0.1) is 5.41 Å². The highest BCUT2D eigenvalue weighted by Crippen LogP contribution is 2.39. The highest BCUT2D eigenvalue weighted by Gasteiger charge is 2.26. The van der Waals surface area contributed by atoms with Crippen LogP contribution in [-0.4, -0.2) is 5.11 Å². The summed E-state index contributed by atoms with van der Waals surface area (Å²) >= 11 is 0. The molecule has 0 amide bonds. The van der Waals surface area contributed by atoms with Gasteiger partial charge in [-0.05, 0) is 47.3 Å². The van der Waals surface area contributed by atoms with Crippen LogP contribution < -0.4 is 0 Å². The molecular formula is C16H18O. The van der Waals surface area contributed by atoms with Gasteiger partial charge < -0.3 is 5.11 Å². The number of fused-ring (bicyclic) bond motifs is 3. The van der Waals surface area contributed by atoms with Crippen molar-refractivity contribution >= 4 is 10.8 Å². The molecule has 0 saturated carbocycles. The van der Waals surface area contributed by atoms with Crippen molar-refractivity contribution < 1.29 is 5.11 Å². The van der Waals surface area contributed by atoms with Gasteiger partial charge in [0.1, 0.15) is 5.75 Å². The highest BCUT2D eigenvalue weighted by atomic mass is 16.3. The van der Waals surface area contributed by atoms with Crippen molar-refractivity contribution in [1.29, 1.82) is 0 Å². The molecule has 1 N–H and O–H groups in total. The molecule has 1 heteroatoms. The number of benzene rings is 2. The standard InChI is InChI=1S/C16H18O/c1-16(2)9-8-12-11(10-16)6-7-14-13(12)4-3-5-15(14)17/h3-7,17H,8-10H2,1-2H3. The highest BCUT2D eigenvalue weighted by molar-refractivity contribution is 5.91. The molecule has 2 aromatic carbocycles. The topological polar surface area (TPSA) is 20.2 Å². The first kappa shape index (κ1) is 10.6. The molecule has 17 heavy (non-hydrogen) atoms. The molecule has 0 radical (unpaired) electrons. The molecule has 0 saturated heterocycles. The third kappa shape index (κ3) is 1.70. The Hall–Kier alpha value is -1.50. The quantitative estimate of drug-likeness (QED) is 0.718. The number of rotatable bonds is 0. The molecule has 0 aliphatic heterocycles. The Bertz CT molecular complexity index is 581. The molecule has 2 aromatic rings. The van der Waals surface area contributed by atoms with Crippen molar-refractivity contribution in [3.63, 3.8) is 0 Å². The summed E-state index contributed by atoms with van der Waals surface area (Å²) in [6.07, 6.45) is 3.51. The van der Waals surface area contributed by atoms with Gasteiger partial charge in [0.25, 0.3) is 0 Å². The second-order valence-corrected chi connectivity index (χ2v) is 5.92. The Kier molecular flexibility index (Phi) is 2.19. The molecule has 1 aliphatic carbocycles. The van der Waals surface area contributed by atoms with Gasteiger partial charge in [0, 0.05) is 5.39 Å². The number of hydrogen-bond donors (Lipinski definition) is 1. The van der Waals surface area contributed by atoms with Gasteiger partial charge >= 0.3 is 0 Å². The molecule has 0 unspecified atom stereocenters. The first-order chi connectivity index (χ1) is 8.07. The minimum Gasteiger partial charge on any atom is -0.507 e. The maximum absolute atomic E-state index is 9.88.